The second-order valence-electron chi connectivity index (χ2n) is 8.28. The minimum Gasteiger partial charge on any atom is -0.361 e. The van der Waals surface area contributed by atoms with E-state index in [0.717, 1.165) is 48.0 Å². The van der Waals surface area contributed by atoms with Crippen molar-refractivity contribution >= 4 is 23.2 Å². The van der Waals surface area contributed by atoms with Crippen LogP contribution in [0.2, 0.25) is 0 Å². The van der Waals surface area contributed by atoms with Gasteiger partial charge in [-0.2, -0.15) is 0 Å². The van der Waals surface area contributed by atoms with Crippen LogP contribution in [0.15, 0.2) is 40.2 Å². The van der Waals surface area contributed by atoms with Crippen LogP contribution in [0.4, 0.5) is 0 Å². The Kier molecular flexibility index (Phi) is 7.51. The van der Waals surface area contributed by atoms with Crippen LogP contribution < -0.4 is 10.6 Å². The molecule has 1 atom stereocenters. The molecule has 1 saturated heterocycles. The number of likely N-dealkylation sites (tertiary alicyclic amines) is 1. The van der Waals surface area contributed by atoms with E-state index in [1.165, 1.54) is 0 Å². The molecule has 0 spiro atoms. The number of nitrogens with zero attached hydrogens (tertiary/aromatic N) is 3. The summed E-state index contributed by atoms with van der Waals surface area (Å²) in [5.41, 5.74) is 2.87. The Balaban J connectivity index is 1.27. The topological polar surface area (TPSA) is 100 Å². The van der Waals surface area contributed by atoms with E-state index in [1.807, 2.05) is 30.2 Å². The number of amides is 2. The van der Waals surface area contributed by atoms with Gasteiger partial charge >= 0.3 is 0 Å². The maximum absolute atomic E-state index is 13.2. The van der Waals surface area contributed by atoms with Crippen molar-refractivity contribution in [1.29, 1.82) is 0 Å². The van der Waals surface area contributed by atoms with Gasteiger partial charge in [0.2, 0.25) is 0 Å². The lowest BCUT2D eigenvalue weighted by molar-refractivity contribution is 0.0735. The highest BCUT2D eigenvalue weighted by Crippen LogP contribution is 2.34. The highest BCUT2D eigenvalue weighted by atomic mass is 32.1. The van der Waals surface area contributed by atoms with Gasteiger partial charge in [0, 0.05) is 47.9 Å². The van der Waals surface area contributed by atoms with Crippen molar-refractivity contribution in [2.24, 2.45) is 0 Å². The molecule has 0 bridgehead atoms. The number of carbonyl (C=O) groups is 2. The van der Waals surface area contributed by atoms with Gasteiger partial charge in [0.15, 0.2) is 0 Å². The Labute approximate surface area is 197 Å². The highest BCUT2D eigenvalue weighted by molar-refractivity contribution is 7.09. The molecule has 1 aromatic carbocycles. The normalized spacial score (nSPS) is 15.7. The molecular weight excluding hydrogens is 438 g/mol. The molecular formula is C24H29N5O3S. The van der Waals surface area contributed by atoms with Gasteiger partial charge in [0.1, 0.15) is 10.8 Å². The molecule has 2 amide bonds. The number of aromatic nitrogens is 2. The molecule has 0 saturated carbocycles. The lowest BCUT2D eigenvalue weighted by Crippen LogP contribution is -2.31. The molecule has 174 valence electrons. The molecule has 33 heavy (non-hydrogen) atoms. The van der Waals surface area contributed by atoms with Crippen LogP contribution in [0.5, 0.6) is 0 Å². The van der Waals surface area contributed by atoms with Gasteiger partial charge < -0.3 is 20.1 Å². The Hall–Kier alpha value is -3.04. The SMILES string of the molecule is Cc1csc(C2CCCN2C(=O)c2cccc(C(=O)NCCCNCc3cc(C)on3)c2)n1. The largest absolute Gasteiger partial charge is 0.361 e. The van der Waals surface area contributed by atoms with Crippen LogP contribution in [0.3, 0.4) is 0 Å². The zero-order valence-electron chi connectivity index (χ0n) is 19.0. The van der Waals surface area contributed by atoms with E-state index in [9.17, 15) is 9.59 Å². The predicted octanol–water partition coefficient (Wildman–Crippen LogP) is 3.63. The van der Waals surface area contributed by atoms with E-state index < -0.39 is 0 Å². The second kappa shape index (κ2) is 10.7. The van der Waals surface area contributed by atoms with Crippen LogP contribution in [-0.2, 0) is 6.54 Å². The van der Waals surface area contributed by atoms with Crippen LogP contribution >= 0.6 is 11.3 Å². The summed E-state index contributed by atoms with van der Waals surface area (Å²) in [6.07, 6.45) is 2.66. The average molecular weight is 468 g/mol. The third-order valence-corrected chi connectivity index (χ3v) is 6.67. The first-order valence-corrected chi connectivity index (χ1v) is 12.1. The van der Waals surface area contributed by atoms with E-state index in [0.29, 0.717) is 30.8 Å². The maximum Gasteiger partial charge on any atom is 0.254 e. The van der Waals surface area contributed by atoms with E-state index in [2.05, 4.69) is 20.8 Å². The van der Waals surface area contributed by atoms with Crippen molar-refractivity contribution in [2.75, 3.05) is 19.6 Å². The first-order chi connectivity index (χ1) is 16.0. The summed E-state index contributed by atoms with van der Waals surface area (Å²) < 4.78 is 5.03. The molecule has 9 heteroatoms. The first kappa shape index (κ1) is 23.1. The number of rotatable bonds is 9. The lowest BCUT2D eigenvalue weighted by Gasteiger charge is -2.23. The summed E-state index contributed by atoms with van der Waals surface area (Å²) in [4.78, 5) is 32.3. The van der Waals surface area contributed by atoms with Crippen LogP contribution in [-0.4, -0.2) is 46.5 Å². The molecule has 1 aliphatic heterocycles. The number of hydrogen-bond acceptors (Lipinski definition) is 7. The third kappa shape index (κ3) is 5.85. The van der Waals surface area contributed by atoms with Gasteiger partial charge in [0.25, 0.3) is 11.8 Å². The van der Waals surface area contributed by atoms with Crippen molar-refractivity contribution in [3.8, 4) is 0 Å². The predicted molar refractivity (Wildman–Crippen MR) is 126 cm³/mol. The molecule has 1 aliphatic rings. The minimum atomic E-state index is -0.176. The third-order valence-electron chi connectivity index (χ3n) is 5.61. The quantitative estimate of drug-likeness (QED) is 0.466. The number of carbonyl (C=O) groups excluding carboxylic acids is 2. The Morgan fingerprint density at radius 2 is 2.06 bits per heavy atom. The van der Waals surface area contributed by atoms with Crippen LogP contribution in [0, 0.1) is 13.8 Å². The van der Waals surface area contributed by atoms with Crippen molar-refractivity contribution < 1.29 is 14.1 Å². The molecule has 3 aromatic rings. The summed E-state index contributed by atoms with van der Waals surface area (Å²) in [7, 11) is 0. The van der Waals surface area contributed by atoms with Gasteiger partial charge in [-0.3, -0.25) is 9.59 Å². The van der Waals surface area contributed by atoms with Crippen molar-refractivity contribution in [3.05, 3.63) is 69.0 Å². The number of aryl methyl sites for hydroxylation is 2. The molecule has 0 aliphatic carbocycles. The summed E-state index contributed by atoms with van der Waals surface area (Å²) in [5, 5.41) is 13.1. The Bertz CT molecular complexity index is 1110. The van der Waals surface area contributed by atoms with Gasteiger partial charge in [0.05, 0.1) is 11.7 Å². The Morgan fingerprint density at radius 3 is 2.82 bits per heavy atom. The molecule has 2 aromatic heterocycles. The molecule has 2 N–H and O–H groups in total. The zero-order valence-corrected chi connectivity index (χ0v) is 19.8. The fourth-order valence-corrected chi connectivity index (χ4v) is 4.93. The Morgan fingerprint density at radius 1 is 1.21 bits per heavy atom. The number of hydrogen-bond donors (Lipinski definition) is 2. The van der Waals surface area contributed by atoms with E-state index >= 15 is 0 Å². The fourth-order valence-electron chi connectivity index (χ4n) is 3.99. The number of thiazole rings is 1. The molecule has 1 fully saturated rings. The molecule has 4 rings (SSSR count). The number of nitrogens with one attached hydrogen (secondary N) is 2. The zero-order chi connectivity index (χ0) is 23.2. The van der Waals surface area contributed by atoms with E-state index in [4.69, 9.17) is 4.52 Å². The fraction of sp³-hybridized carbons (Fsp3) is 0.417. The van der Waals surface area contributed by atoms with Crippen molar-refractivity contribution in [1.82, 2.24) is 25.7 Å². The summed E-state index contributed by atoms with van der Waals surface area (Å²) >= 11 is 1.60. The molecule has 0 radical (unpaired) electrons. The van der Waals surface area contributed by atoms with Gasteiger partial charge in [-0.05, 0) is 57.9 Å². The van der Waals surface area contributed by atoms with E-state index in [1.54, 1.807) is 35.6 Å². The molecule has 8 nitrogen and oxygen atoms in total. The van der Waals surface area contributed by atoms with E-state index in [-0.39, 0.29) is 17.9 Å². The maximum atomic E-state index is 13.2. The summed E-state index contributed by atoms with van der Waals surface area (Å²) in [6.45, 7) is 6.46. The van der Waals surface area contributed by atoms with Crippen LogP contribution in [0.25, 0.3) is 0 Å². The van der Waals surface area contributed by atoms with Gasteiger partial charge in [-0.25, -0.2) is 4.98 Å². The highest BCUT2D eigenvalue weighted by Gasteiger charge is 2.32. The summed E-state index contributed by atoms with van der Waals surface area (Å²) in [5.74, 6) is 0.566. The molecule has 3 heterocycles. The molecule has 1 unspecified atom stereocenters. The van der Waals surface area contributed by atoms with Crippen LogP contribution in [0.1, 0.15) is 68.2 Å². The second-order valence-corrected chi connectivity index (χ2v) is 9.17. The average Bonchev–Trinajstić information content (AvgIpc) is 3.56. The van der Waals surface area contributed by atoms with Crippen molar-refractivity contribution in [2.45, 2.75) is 45.7 Å². The smallest absolute Gasteiger partial charge is 0.254 e. The monoisotopic (exact) mass is 467 g/mol. The lowest BCUT2D eigenvalue weighted by atomic mass is 10.1. The first-order valence-electron chi connectivity index (χ1n) is 11.3. The minimum absolute atomic E-state index is 0.0161. The summed E-state index contributed by atoms with van der Waals surface area (Å²) in [6, 6.07) is 8.88. The van der Waals surface area contributed by atoms with Gasteiger partial charge in [-0.15, -0.1) is 11.3 Å². The standard InChI is InChI=1S/C24H29N5O3S/c1-16-15-33-23(27-16)21-8-4-11-29(21)24(31)19-7-3-6-18(13-19)22(30)26-10-5-9-25-14-20-12-17(2)32-28-20/h3,6-7,12-13,15,21,25H,4-5,8-11,14H2,1-2H3,(H,26,30). The number of benzene rings is 1. The van der Waals surface area contributed by atoms with Gasteiger partial charge in [-0.1, -0.05) is 11.2 Å². The van der Waals surface area contributed by atoms with Crippen molar-refractivity contribution in [3.63, 3.8) is 0 Å².